The molecular weight excluding hydrogens is 148 g/mol. The Morgan fingerprint density at radius 3 is 3.50 bits per heavy atom. The molecule has 1 fully saturated rings. The first kappa shape index (κ1) is 2.81. The van der Waals surface area contributed by atoms with Crippen LogP contribution in [0.2, 0.25) is 0 Å². The van der Waals surface area contributed by atoms with Crippen molar-refractivity contribution in [2.24, 2.45) is 0 Å². The third-order valence-corrected chi connectivity index (χ3v) is 1.77. The third kappa shape index (κ3) is 1.34. The first-order valence-electron chi connectivity index (χ1n) is 7.66. The molecule has 0 radical (unpaired) electrons. The maximum absolute atomic E-state index is 7.97. The van der Waals surface area contributed by atoms with Gasteiger partial charge in [-0.25, -0.2) is 0 Å². The lowest BCUT2D eigenvalue weighted by atomic mass is 10.1. The molecule has 0 unspecified atom stereocenters. The molecule has 1 saturated heterocycles. The van der Waals surface area contributed by atoms with E-state index in [4.69, 9.17) is 11.0 Å². The summed E-state index contributed by atoms with van der Waals surface area (Å²) in [5.41, 5.74) is -0.139. The van der Waals surface area contributed by atoms with Crippen LogP contribution >= 0.6 is 0 Å². The summed E-state index contributed by atoms with van der Waals surface area (Å²) >= 11 is 0. The van der Waals surface area contributed by atoms with Gasteiger partial charge in [-0.15, -0.1) is 0 Å². The summed E-state index contributed by atoms with van der Waals surface area (Å²) in [5.74, 6) is 0. The lowest BCUT2D eigenvalue weighted by molar-refractivity contribution is 0.317. The van der Waals surface area contributed by atoms with Gasteiger partial charge in [0.25, 0.3) is 0 Å². The second-order valence-corrected chi connectivity index (χ2v) is 2.55. The minimum atomic E-state index is -1.98. The molecule has 2 heterocycles. The molecule has 1 aliphatic rings. The van der Waals surface area contributed by atoms with Crippen LogP contribution in [0.25, 0.3) is 0 Å². The average molecular weight is 170 g/mol. The molecule has 12 heavy (non-hydrogen) atoms. The Morgan fingerprint density at radius 2 is 2.75 bits per heavy atom. The largest absolute Gasteiger partial charge is 0.299 e. The molecule has 0 aromatic carbocycles. The minimum absolute atomic E-state index is 0.139. The maximum Gasteiger partial charge on any atom is 0.0843 e. The molecule has 1 aromatic heterocycles. The Kier molecular flexibility index (Phi) is 0.756. The van der Waals surface area contributed by atoms with Gasteiger partial charge in [0.2, 0.25) is 0 Å². The molecule has 0 N–H and O–H groups in total. The number of hydrogen-bond donors (Lipinski definition) is 0. The third-order valence-electron chi connectivity index (χ3n) is 1.77. The fourth-order valence-corrected chi connectivity index (χ4v) is 1.16. The zero-order chi connectivity index (χ0) is 15.5. The van der Waals surface area contributed by atoms with Gasteiger partial charge < -0.3 is 0 Å². The summed E-state index contributed by atoms with van der Waals surface area (Å²) in [6.07, 6.45) is -3.33. The van der Waals surface area contributed by atoms with E-state index >= 15 is 0 Å². The van der Waals surface area contributed by atoms with Crippen molar-refractivity contribution in [1.82, 2.24) is 9.88 Å². The monoisotopic (exact) mass is 170 g/mol. The van der Waals surface area contributed by atoms with Crippen molar-refractivity contribution in [3.05, 3.63) is 30.0 Å². The van der Waals surface area contributed by atoms with Gasteiger partial charge in [-0.05, 0) is 37.9 Å². The number of nitrogens with zero attached hydrogens (tertiary/aromatic N) is 2. The van der Waals surface area contributed by atoms with Crippen molar-refractivity contribution in [3.8, 4) is 0 Å². The predicted molar refractivity (Wildman–Crippen MR) is 48.8 cm³/mol. The van der Waals surface area contributed by atoms with Crippen molar-refractivity contribution in [2.45, 2.75) is 18.8 Å². The van der Waals surface area contributed by atoms with Gasteiger partial charge in [-0.2, -0.15) is 0 Å². The molecule has 1 aromatic rings. The van der Waals surface area contributed by atoms with Crippen LogP contribution in [-0.4, -0.2) is 23.4 Å². The van der Waals surface area contributed by atoms with E-state index in [-0.39, 0.29) is 5.56 Å². The van der Waals surface area contributed by atoms with Crippen LogP contribution in [0.15, 0.2) is 24.4 Å². The molecule has 0 saturated carbocycles. The Morgan fingerprint density at radius 1 is 1.83 bits per heavy atom. The highest BCUT2D eigenvalue weighted by Crippen LogP contribution is 2.29. The second-order valence-electron chi connectivity index (χ2n) is 2.55. The molecule has 0 aliphatic carbocycles. The Balaban J connectivity index is 2.65. The van der Waals surface area contributed by atoms with E-state index in [1.54, 1.807) is 0 Å². The van der Waals surface area contributed by atoms with Crippen molar-refractivity contribution in [2.75, 3.05) is 13.5 Å². The van der Waals surface area contributed by atoms with E-state index in [2.05, 4.69) is 4.98 Å². The summed E-state index contributed by atoms with van der Waals surface area (Å²) in [7, 11) is 1.38. The Hall–Kier alpha value is -0.890. The van der Waals surface area contributed by atoms with Crippen LogP contribution in [-0.2, 0) is 0 Å². The molecule has 2 heteroatoms. The summed E-state index contributed by atoms with van der Waals surface area (Å²) in [6.45, 7) is -1.91. The molecule has 0 spiro atoms. The summed E-state index contributed by atoms with van der Waals surface area (Å²) < 4.78 is 62.1. The van der Waals surface area contributed by atoms with E-state index in [0.29, 0.717) is 0 Å². The Labute approximate surface area is 84.5 Å². The normalized spacial score (nSPS) is 42.6. The van der Waals surface area contributed by atoms with Crippen LogP contribution < -0.4 is 0 Å². The molecule has 0 amide bonds. The summed E-state index contributed by atoms with van der Waals surface area (Å²) in [4.78, 5) is 4.66. The van der Waals surface area contributed by atoms with Crippen molar-refractivity contribution in [1.29, 1.82) is 0 Å². The summed E-state index contributed by atoms with van der Waals surface area (Å²) in [6, 6.07) is -2.09. The summed E-state index contributed by atoms with van der Waals surface area (Å²) in [5, 5.41) is 0. The van der Waals surface area contributed by atoms with E-state index in [1.807, 2.05) is 0 Å². The second kappa shape index (κ2) is 3.23. The fraction of sp³-hybridized carbons (Fsp3) is 0.500. The molecule has 2 rings (SSSR count). The van der Waals surface area contributed by atoms with E-state index in [9.17, 15) is 0 Å². The molecule has 2 nitrogen and oxygen atoms in total. The minimum Gasteiger partial charge on any atom is -0.299 e. The van der Waals surface area contributed by atoms with E-state index < -0.39 is 49.8 Å². The van der Waals surface area contributed by atoms with Crippen LogP contribution in [0, 0.1) is 0 Å². The van der Waals surface area contributed by atoms with Gasteiger partial charge in [0, 0.05) is 23.9 Å². The predicted octanol–water partition coefficient (Wildman–Crippen LogP) is 1.85. The quantitative estimate of drug-likeness (QED) is 0.639. The number of aromatic nitrogens is 1. The number of rotatable bonds is 1. The molecular formula is C10H14N2. The van der Waals surface area contributed by atoms with Crippen LogP contribution in [0.5, 0.6) is 0 Å². The van der Waals surface area contributed by atoms with Gasteiger partial charge in [0.1, 0.15) is 0 Å². The lowest BCUT2D eigenvalue weighted by Crippen LogP contribution is -2.17. The molecule has 64 valence electrons. The highest BCUT2D eigenvalue weighted by Gasteiger charge is 2.21. The number of likely N-dealkylation sites (tertiary alicyclic amines) is 1. The standard InChI is InChI=1S/C10H14N2/c1-12-7-3-5-10(12)9-4-2-6-11-8-9/h2,4,6,8,10H,3,5,7H2,1H3/t10-/m0/s1/i2D,4D,5D2,6D,7D2,8D. The van der Waals surface area contributed by atoms with Crippen LogP contribution in [0.1, 0.15) is 35.4 Å². The van der Waals surface area contributed by atoms with Gasteiger partial charge in [-0.3, -0.25) is 9.88 Å². The van der Waals surface area contributed by atoms with Crippen LogP contribution in [0.3, 0.4) is 0 Å². The van der Waals surface area contributed by atoms with Crippen molar-refractivity contribution >= 4 is 0 Å². The van der Waals surface area contributed by atoms with E-state index in [0.717, 1.165) is 4.90 Å². The maximum atomic E-state index is 7.97. The first-order chi connectivity index (χ1) is 8.99. The van der Waals surface area contributed by atoms with Gasteiger partial charge in [0.05, 0.1) is 5.48 Å². The number of pyridine rings is 1. The fourth-order valence-electron chi connectivity index (χ4n) is 1.16. The first-order valence-corrected chi connectivity index (χ1v) is 3.66. The highest BCUT2D eigenvalue weighted by atomic mass is 15.1. The zero-order valence-electron chi connectivity index (χ0n) is 14.7. The van der Waals surface area contributed by atoms with Crippen LogP contribution in [0.4, 0.5) is 0 Å². The zero-order valence-corrected chi connectivity index (χ0v) is 6.68. The van der Waals surface area contributed by atoms with Crippen molar-refractivity contribution < 1.29 is 11.0 Å². The van der Waals surface area contributed by atoms with Gasteiger partial charge in [-0.1, -0.05) is 6.04 Å². The van der Waals surface area contributed by atoms with Gasteiger partial charge in [0.15, 0.2) is 0 Å². The average Bonchev–Trinajstić information content (AvgIpc) is 2.44. The molecule has 1 aliphatic heterocycles. The lowest BCUT2D eigenvalue weighted by Gasteiger charge is -2.18. The molecule has 1 atom stereocenters. The smallest absolute Gasteiger partial charge is 0.0843 e. The topological polar surface area (TPSA) is 16.1 Å². The van der Waals surface area contributed by atoms with Crippen molar-refractivity contribution in [3.63, 3.8) is 0 Å². The SMILES string of the molecule is [2H]c1nc([2H])c([C@H]2N(C)C([2H])([2H])CC2([2H])[2H])c([2H])c1[2H]. The Bertz CT molecular complexity index is 559. The number of hydrogen-bond acceptors (Lipinski definition) is 2. The van der Waals surface area contributed by atoms with E-state index in [1.165, 1.54) is 7.05 Å². The van der Waals surface area contributed by atoms with Gasteiger partial charge >= 0.3 is 0 Å². The molecule has 0 bridgehead atoms. The highest BCUT2D eigenvalue weighted by molar-refractivity contribution is 5.14.